The van der Waals surface area contributed by atoms with Gasteiger partial charge in [0.1, 0.15) is 25.3 Å². The van der Waals surface area contributed by atoms with Crippen molar-refractivity contribution in [3.63, 3.8) is 0 Å². The van der Waals surface area contributed by atoms with Gasteiger partial charge in [0.25, 0.3) is 0 Å². The standard InChI is InChI=1S/C39H74N6O12/c40-29-33(45-34(46)18-13-11-9-7-5-3-1-2-4-6-8-10-12-14-19-37(49)50)38(51)44-22-24-55-26-28-57-31-36(48)43-21-23-54-25-27-56-30-35(47)42-20-16-15-17-32(41)39(52)53/h32-33H,1-31,40-41H2,(H,42,47)(H,43,48)(H,44,51)(H,45,46)(H,49,50)(H,52,53)/t32-,33-/m0/s1. The monoisotopic (exact) mass is 819 g/mol. The summed E-state index contributed by atoms with van der Waals surface area (Å²) >= 11 is 0. The predicted octanol–water partition coefficient (Wildman–Crippen LogP) is 1.75. The minimum atomic E-state index is -1.04. The molecule has 10 N–H and O–H groups in total. The van der Waals surface area contributed by atoms with Gasteiger partial charge < -0.3 is 61.9 Å². The molecule has 0 bridgehead atoms. The number of carboxylic acids is 2. The van der Waals surface area contributed by atoms with E-state index < -0.39 is 24.0 Å². The quantitative estimate of drug-likeness (QED) is 0.0408. The molecular formula is C39H74N6O12. The fourth-order valence-corrected chi connectivity index (χ4v) is 5.53. The van der Waals surface area contributed by atoms with Crippen LogP contribution in [0.3, 0.4) is 0 Å². The number of unbranched alkanes of at least 4 members (excludes halogenated alkanes) is 14. The van der Waals surface area contributed by atoms with Crippen LogP contribution in [0.5, 0.6) is 0 Å². The van der Waals surface area contributed by atoms with Gasteiger partial charge in [0.05, 0.1) is 39.6 Å². The smallest absolute Gasteiger partial charge is 0.320 e. The van der Waals surface area contributed by atoms with E-state index in [4.69, 9.17) is 40.6 Å². The molecule has 0 fully saturated rings. The number of nitrogens with one attached hydrogen (secondary N) is 4. The molecule has 0 saturated carbocycles. The van der Waals surface area contributed by atoms with Crippen LogP contribution >= 0.6 is 0 Å². The lowest BCUT2D eigenvalue weighted by molar-refractivity contribution is -0.139. The largest absolute Gasteiger partial charge is 0.481 e. The van der Waals surface area contributed by atoms with E-state index in [1.54, 1.807) is 0 Å². The number of hydrogen-bond donors (Lipinski definition) is 8. The number of ether oxygens (including phenoxy) is 4. The van der Waals surface area contributed by atoms with Crippen LogP contribution in [-0.2, 0) is 47.7 Å². The van der Waals surface area contributed by atoms with Gasteiger partial charge in [-0.15, -0.1) is 0 Å². The van der Waals surface area contributed by atoms with Gasteiger partial charge in [-0.1, -0.05) is 77.0 Å². The molecule has 2 atom stereocenters. The van der Waals surface area contributed by atoms with Crippen molar-refractivity contribution in [2.24, 2.45) is 11.5 Å². The summed E-state index contributed by atoms with van der Waals surface area (Å²) in [5.41, 5.74) is 11.1. The Hall–Kier alpha value is -3.42. The molecule has 18 heteroatoms. The Morgan fingerprint density at radius 2 is 0.930 bits per heavy atom. The van der Waals surface area contributed by atoms with Crippen molar-refractivity contribution in [1.82, 2.24) is 21.3 Å². The van der Waals surface area contributed by atoms with Gasteiger partial charge in [0.15, 0.2) is 0 Å². The lowest BCUT2D eigenvalue weighted by Gasteiger charge is -2.16. The molecule has 0 radical (unpaired) electrons. The van der Waals surface area contributed by atoms with Gasteiger partial charge in [-0.2, -0.15) is 0 Å². The molecule has 0 unspecified atom stereocenters. The molecule has 0 aliphatic rings. The number of amides is 4. The Morgan fingerprint density at radius 3 is 1.40 bits per heavy atom. The molecule has 0 saturated heterocycles. The third-order valence-electron chi connectivity index (χ3n) is 8.84. The van der Waals surface area contributed by atoms with Crippen LogP contribution in [0, 0.1) is 0 Å². The summed E-state index contributed by atoms with van der Waals surface area (Å²) in [6, 6.07) is -1.70. The molecule has 0 aromatic rings. The highest BCUT2D eigenvalue weighted by atomic mass is 16.5. The highest BCUT2D eigenvalue weighted by Gasteiger charge is 2.18. The van der Waals surface area contributed by atoms with Crippen molar-refractivity contribution < 1.29 is 57.9 Å². The van der Waals surface area contributed by atoms with E-state index in [2.05, 4.69) is 21.3 Å². The van der Waals surface area contributed by atoms with Gasteiger partial charge in [0.2, 0.25) is 23.6 Å². The Bertz CT molecular complexity index is 1070. The first-order valence-electron chi connectivity index (χ1n) is 20.9. The summed E-state index contributed by atoms with van der Waals surface area (Å²) in [5, 5.41) is 28.1. The Kier molecular flexibility index (Phi) is 37.0. The van der Waals surface area contributed by atoms with Crippen molar-refractivity contribution >= 4 is 35.6 Å². The maximum atomic E-state index is 12.4. The summed E-state index contributed by atoms with van der Waals surface area (Å²) in [7, 11) is 0. The van der Waals surface area contributed by atoms with E-state index in [0.29, 0.717) is 32.2 Å². The van der Waals surface area contributed by atoms with Crippen molar-refractivity contribution in [2.75, 3.05) is 79.0 Å². The number of hydrogen-bond acceptors (Lipinski definition) is 12. The molecule has 0 rings (SSSR count). The fraction of sp³-hybridized carbons (Fsp3) is 0.846. The van der Waals surface area contributed by atoms with Crippen LogP contribution in [-0.4, -0.2) is 137 Å². The normalized spacial score (nSPS) is 12.1. The first-order valence-corrected chi connectivity index (χ1v) is 20.9. The molecule has 0 aliphatic heterocycles. The molecule has 0 spiro atoms. The highest BCUT2D eigenvalue weighted by Crippen LogP contribution is 2.14. The second-order valence-electron chi connectivity index (χ2n) is 14.0. The van der Waals surface area contributed by atoms with Crippen molar-refractivity contribution in [2.45, 2.75) is 134 Å². The molecule has 18 nitrogen and oxygen atoms in total. The molecule has 0 aromatic heterocycles. The van der Waals surface area contributed by atoms with Gasteiger partial charge in [0, 0.05) is 39.0 Å². The molecule has 0 aromatic carbocycles. The second-order valence-corrected chi connectivity index (χ2v) is 14.0. The van der Waals surface area contributed by atoms with Crippen LogP contribution < -0.4 is 32.7 Å². The van der Waals surface area contributed by atoms with E-state index in [9.17, 15) is 28.8 Å². The molecule has 4 amide bonds. The number of carbonyl (C=O) groups excluding carboxylic acids is 4. The third kappa shape index (κ3) is 37.9. The lowest BCUT2D eigenvalue weighted by Crippen LogP contribution is -2.51. The number of carboxylic acid groups (broad SMARTS) is 2. The predicted molar refractivity (Wildman–Crippen MR) is 214 cm³/mol. The van der Waals surface area contributed by atoms with Gasteiger partial charge in [-0.05, 0) is 32.1 Å². The minimum absolute atomic E-state index is 0.0133. The molecule has 0 aliphatic carbocycles. The van der Waals surface area contributed by atoms with Gasteiger partial charge in [-0.25, -0.2) is 0 Å². The summed E-state index contributed by atoms with van der Waals surface area (Å²) in [6.45, 7) is 1.98. The maximum absolute atomic E-state index is 12.4. The first-order chi connectivity index (χ1) is 27.6. The zero-order valence-electron chi connectivity index (χ0n) is 34.2. The number of nitrogens with two attached hydrogens (primary N) is 2. The Balaban J connectivity index is 3.59. The van der Waals surface area contributed by atoms with Crippen LogP contribution in [0.4, 0.5) is 0 Å². The van der Waals surface area contributed by atoms with E-state index in [1.165, 1.54) is 44.9 Å². The van der Waals surface area contributed by atoms with E-state index in [-0.39, 0.29) is 103 Å². The molecular weight excluding hydrogens is 744 g/mol. The van der Waals surface area contributed by atoms with Gasteiger partial charge >= 0.3 is 11.9 Å². The van der Waals surface area contributed by atoms with Crippen molar-refractivity contribution in [3.05, 3.63) is 0 Å². The summed E-state index contributed by atoms with van der Waals surface area (Å²) in [6.07, 6.45) is 17.7. The molecule has 332 valence electrons. The van der Waals surface area contributed by atoms with E-state index >= 15 is 0 Å². The highest BCUT2D eigenvalue weighted by molar-refractivity contribution is 5.87. The maximum Gasteiger partial charge on any atom is 0.320 e. The van der Waals surface area contributed by atoms with Crippen LogP contribution in [0.25, 0.3) is 0 Å². The first kappa shape index (κ1) is 53.6. The average molecular weight is 819 g/mol. The average Bonchev–Trinajstić information content (AvgIpc) is 3.18. The Labute approximate surface area is 338 Å². The fourth-order valence-electron chi connectivity index (χ4n) is 5.53. The van der Waals surface area contributed by atoms with Crippen LogP contribution in [0.2, 0.25) is 0 Å². The lowest BCUT2D eigenvalue weighted by atomic mass is 10.0. The summed E-state index contributed by atoms with van der Waals surface area (Å²) in [5.74, 6) is -2.90. The van der Waals surface area contributed by atoms with Crippen molar-refractivity contribution in [3.8, 4) is 0 Å². The third-order valence-corrected chi connectivity index (χ3v) is 8.84. The van der Waals surface area contributed by atoms with Crippen molar-refractivity contribution in [1.29, 1.82) is 0 Å². The molecule has 0 heterocycles. The Morgan fingerprint density at radius 1 is 0.491 bits per heavy atom. The molecule has 57 heavy (non-hydrogen) atoms. The number of aliphatic carboxylic acids is 2. The SMILES string of the molecule is NC[C@H](NC(=O)CCCCCCCCCCCCCCCCC(=O)O)C(=O)NCCOCCOCC(=O)NCCOCCOCC(=O)NCCCC[C@H](N)C(=O)O. The van der Waals surface area contributed by atoms with E-state index in [1.807, 2.05) is 0 Å². The summed E-state index contributed by atoms with van der Waals surface area (Å²) < 4.78 is 21.3. The zero-order valence-corrected chi connectivity index (χ0v) is 34.2. The van der Waals surface area contributed by atoms with Gasteiger partial charge in [-0.3, -0.25) is 28.8 Å². The minimum Gasteiger partial charge on any atom is -0.481 e. The number of carbonyl (C=O) groups is 6. The zero-order chi connectivity index (χ0) is 42.2. The topological polar surface area (TPSA) is 280 Å². The number of rotatable bonds is 42. The van der Waals surface area contributed by atoms with Crippen LogP contribution in [0.15, 0.2) is 0 Å². The van der Waals surface area contributed by atoms with Crippen LogP contribution in [0.1, 0.15) is 122 Å². The van der Waals surface area contributed by atoms with E-state index in [0.717, 1.165) is 44.9 Å². The summed E-state index contributed by atoms with van der Waals surface area (Å²) in [4.78, 5) is 69.5. The second kappa shape index (κ2) is 39.4.